The predicted molar refractivity (Wildman–Crippen MR) is 228 cm³/mol. The summed E-state index contributed by atoms with van der Waals surface area (Å²) < 4.78 is 6.47. The summed E-state index contributed by atoms with van der Waals surface area (Å²) in [7, 11) is 0. The van der Waals surface area contributed by atoms with Gasteiger partial charge in [-0.15, -0.1) is 5.70 Å². The lowest BCUT2D eigenvalue weighted by molar-refractivity contribution is 0.545. The van der Waals surface area contributed by atoms with Crippen LogP contribution in [-0.2, 0) is 0 Å². The fourth-order valence-corrected chi connectivity index (χ4v) is 8.88. The summed E-state index contributed by atoms with van der Waals surface area (Å²) in [6.45, 7) is 0.501. The third-order valence-corrected chi connectivity index (χ3v) is 11.6. The number of furan rings is 1. The number of hydrogen-bond acceptors (Lipinski definition) is 5. The van der Waals surface area contributed by atoms with E-state index in [4.69, 9.17) is 30.4 Å². The number of fused-ring (bicyclic) bond motifs is 4. The highest BCUT2D eigenvalue weighted by atomic mass is 16.3. The molecule has 0 saturated carbocycles. The van der Waals surface area contributed by atoms with Gasteiger partial charge in [0.05, 0.1) is 5.56 Å². The van der Waals surface area contributed by atoms with Crippen LogP contribution in [0.1, 0.15) is 54.7 Å². The molecule has 5 aromatic carbocycles. The lowest BCUT2D eigenvalue weighted by Gasteiger charge is -2.50. The number of benzene rings is 5. The Labute approximate surface area is 327 Å². The molecule has 0 radical (unpaired) electrons. The minimum Gasteiger partial charge on any atom is -0.677 e. The van der Waals surface area contributed by atoms with E-state index in [-0.39, 0.29) is 12.0 Å². The molecule has 3 aliphatic rings. The SMILES string of the molecule is NC/C(=C1\[N-]C(C2=CCCC=C2)C(c2cccc(-c3nc(-c4ccccc4)nc(-c4cccc5c4oc4ccccc45)n3)c2)c2ccccc21)C1CC=CCC1. The van der Waals surface area contributed by atoms with E-state index in [1.165, 1.54) is 27.8 Å². The number of hydrogen-bond donors (Lipinski definition) is 1. The summed E-state index contributed by atoms with van der Waals surface area (Å²) in [6.07, 6.45) is 16.8. The summed E-state index contributed by atoms with van der Waals surface area (Å²) in [5.74, 6) is 2.16. The fraction of sp³-hybridized carbons (Fsp3) is 0.180. The first-order valence-corrected chi connectivity index (χ1v) is 19.8. The maximum atomic E-state index is 6.61. The lowest BCUT2D eigenvalue weighted by Crippen LogP contribution is -2.29. The molecular weight excluding hydrogens is 687 g/mol. The number of aromatic nitrogens is 3. The first kappa shape index (κ1) is 34.1. The summed E-state index contributed by atoms with van der Waals surface area (Å²) in [6, 6.07) is 41.9. The van der Waals surface area contributed by atoms with Crippen molar-refractivity contribution in [2.24, 2.45) is 11.7 Å². The second-order valence-corrected chi connectivity index (χ2v) is 15.0. The monoisotopic (exact) mass is 728 g/mol. The van der Waals surface area contributed by atoms with Crippen molar-refractivity contribution >= 4 is 27.6 Å². The number of nitrogens with two attached hydrogens (primary N) is 1. The van der Waals surface area contributed by atoms with Gasteiger partial charge in [-0.3, -0.25) is 0 Å². The molecule has 10 rings (SSSR count). The largest absolute Gasteiger partial charge is 0.677 e. The van der Waals surface area contributed by atoms with E-state index in [0.29, 0.717) is 29.9 Å². The highest BCUT2D eigenvalue weighted by molar-refractivity contribution is 6.09. The summed E-state index contributed by atoms with van der Waals surface area (Å²) in [4.78, 5) is 15.4. The van der Waals surface area contributed by atoms with Crippen LogP contribution in [0.15, 0.2) is 167 Å². The van der Waals surface area contributed by atoms with E-state index in [1.807, 2.05) is 60.7 Å². The molecule has 0 amide bonds. The molecule has 6 heteroatoms. The number of rotatable bonds is 7. The number of para-hydroxylation sites is 2. The minimum atomic E-state index is -0.105. The van der Waals surface area contributed by atoms with Crippen LogP contribution < -0.4 is 5.73 Å². The van der Waals surface area contributed by atoms with Gasteiger partial charge in [-0.1, -0.05) is 151 Å². The van der Waals surface area contributed by atoms with Crippen LogP contribution in [0.3, 0.4) is 0 Å². The maximum absolute atomic E-state index is 6.61. The van der Waals surface area contributed by atoms with Crippen LogP contribution in [0, 0.1) is 5.92 Å². The Hall–Kier alpha value is -6.37. The van der Waals surface area contributed by atoms with Gasteiger partial charge in [0.2, 0.25) is 0 Å². The molecule has 0 saturated heterocycles. The standard InChI is InChI=1S/C50H42N5O/c51-31-42(32-16-4-1-5-17-32)46-39-26-11-10-25-38(39)44(45(52-46)33-18-6-2-7-19-33)35-22-14-23-36(30-35)49-53-48(34-20-8-3-9-21-34)54-50(55-49)41-28-15-27-40-37-24-12-13-29-43(37)56-47(40)41/h1,3-4,6,8-15,18-30,32,44-45H,2,5,7,16-17,31,51H2/q-1/b46-42+. The van der Waals surface area contributed by atoms with Gasteiger partial charge in [-0.25, -0.2) is 15.0 Å². The molecule has 1 aliphatic heterocycles. The van der Waals surface area contributed by atoms with E-state index in [9.17, 15) is 0 Å². The molecule has 274 valence electrons. The topological polar surface area (TPSA) is 91.9 Å². The van der Waals surface area contributed by atoms with Crippen molar-refractivity contribution in [2.75, 3.05) is 6.54 Å². The summed E-state index contributed by atoms with van der Waals surface area (Å²) in [5.41, 5.74) is 18.1. The molecule has 2 aromatic heterocycles. The predicted octanol–water partition coefficient (Wildman–Crippen LogP) is 12.0. The minimum absolute atomic E-state index is 0.0200. The van der Waals surface area contributed by atoms with Gasteiger partial charge >= 0.3 is 0 Å². The Bertz CT molecular complexity index is 2720. The van der Waals surface area contributed by atoms with E-state index in [0.717, 1.165) is 76.4 Å². The first-order valence-electron chi connectivity index (χ1n) is 19.8. The third-order valence-electron chi connectivity index (χ3n) is 11.6. The molecule has 3 unspecified atom stereocenters. The molecule has 56 heavy (non-hydrogen) atoms. The van der Waals surface area contributed by atoms with Gasteiger partial charge in [0, 0.05) is 34.4 Å². The Morgan fingerprint density at radius 1 is 0.679 bits per heavy atom. The Balaban J connectivity index is 1.14. The molecule has 2 N–H and O–H groups in total. The summed E-state index contributed by atoms with van der Waals surface area (Å²) >= 11 is 0. The highest BCUT2D eigenvalue weighted by Gasteiger charge is 2.30. The number of nitrogens with zero attached hydrogens (tertiary/aromatic N) is 4. The van der Waals surface area contributed by atoms with Crippen molar-refractivity contribution in [3.8, 4) is 34.2 Å². The van der Waals surface area contributed by atoms with Crippen LogP contribution in [0.2, 0.25) is 0 Å². The van der Waals surface area contributed by atoms with Crippen molar-refractivity contribution < 1.29 is 4.42 Å². The van der Waals surface area contributed by atoms with Crippen molar-refractivity contribution in [2.45, 2.75) is 44.1 Å². The molecular formula is C50H42N5O-. The maximum Gasteiger partial charge on any atom is 0.167 e. The molecule has 0 spiro atoms. The second kappa shape index (κ2) is 14.7. The molecule has 7 aromatic rings. The molecule has 0 fully saturated rings. The average molecular weight is 729 g/mol. The Morgan fingerprint density at radius 3 is 2.27 bits per heavy atom. The summed E-state index contributed by atoms with van der Waals surface area (Å²) in [5, 5.41) is 7.81. The fourth-order valence-electron chi connectivity index (χ4n) is 8.88. The lowest BCUT2D eigenvalue weighted by atomic mass is 9.73. The normalized spacial score (nSPS) is 20.1. The molecule has 0 bridgehead atoms. The Morgan fingerprint density at radius 2 is 1.43 bits per heavy atom. The van der Waals surface area contributed by atoms with Crippen molar-refractivity contribution in [3.63, 3.8) is 0 Å². The smallest absolute Gasteiger partial charge is 0.167 e. The molecule has 2 aliphatic carbocycles. The molecule has 6 nitrogen and oxygen atoms in total. The van der Waals surface area contributed by atoms with Crippen LogP contribution in [0.4, 0.5) is 0 Å². The van der Waals surface area contributed by atoms with Gasteiger partial charge in [-0.05, 0) is 72.9 Å². The quantitative estimate of drug-likeness (QED) is 0.165. The molecule has 3 atom stereocenters. The third kappa shape index (κ3) is 6.16. The van der Waals surface area contributed by atoms with E-state index in [1.54, 1.807) is 0 Å². The molecule has 3 heterocycles. The van der Waals surface area contributed by atoms with Crippen LogP contribution >= 0.6 is 0 Å². The van der Waals surface area contributed by atoms with Gasteiger partial charge in [0.25, 0.3) is 0 Å². The van der Waals surface area contributed by atoms with E-state index < -0.39 is 0 Å². The van der Waals surface area contributed by atoms with E-state index in [2.05, 4.69) is 91.0 Å². The average Bonchev–Trinajstić information content (AvgIpc) is 3.66. The highest BCUT2D eigenvalue weighted by Crippen LogP contribution is 2.50. The van der Waals surface area contributed by atoms with Gasteiger partial charge in [0.1, 0.15) is 11.2 Å². The van der Waals surface area contributed by atoms with Crippen LogP contribution in [0.5, 0.6) is 0 Å². The zero-order chi connectivity index (χ0) is 37.4. The van der Waals surface area contributed by atoms with Gasteiger partial charge in [0.15, 0.2) is 17.5 Å². The zero-order valence-corrected chi connectivity index (χ0v) is 31.2. The second-order valence-electron chi connectivity index (χ2n) is 15.0. The van der Waals surface area contributed by atoms with Crippen molar-refractivity contribution in [3.05, 3.63) is 185 Å². The Kier molecular flexibility index (Phi) is 8.96. The van der Waals surface area contributed by atoms with Crippen molar-refractivity contribution in [1.82, 2.24) is 15.0 Å². The van der Waals surface area contributed by atoms with Gasteiger partial charge < -0.3 is 15.5 Å². The van der Waals surface area contributed by atoms with Gasteiger partial charge in [-0.2, -0.15) is 0 Å². The van der Waals surface area contributed by atoms with E-state index >= 15 is 0 Å². The number of allylic oxidation sites excluding steroid dienone is 4. The first-order chi connectivity index (χ1) is 27.7. The van der Waals surface area contributed by atoms with Crippen LogP contribution in [0.25, 0.3) is 67.1 Å². The zero-order valence-electron chi connectivity index (χ0n) is 31.2. The van der Waals surface area contributed by atoms with Crippen LogP contribution in [-0.4, -0.2) is 27.5 Å². The van der Waals surface area contributed by atoms with Crippen molar-refractivity contribution in [1.29, 1.82) is 0 Å².